The lowest BCUT2D eigenvalue weighted by atomic mass is 10.1. The molecule has 148 valence electrons. The molecule has 3 aromatic rings. The lowest BCUT2D eigenvalue weighted by Gasteiger charge is -2.08. The number of aromatic nitrogens is 4. The Labute approximate surface area is 172 Å². The van der Waals surface area contributed by atoms with Gasteiger partial charge in [-0.3, -0.25) is 14.2 Å². The van der Waals surface area contributed by atoms with Crippen LogP contribution in [-0.2, 0) is 24.1 Å². The summed E-state index contributed by atoms with van der Waals surface area (Å²) in [6, 6.07) is 5.08. The molecular formula is C18H17F3IN5O. The number of hydrogen-bond acceptors (Lipinski definition) is 3. The van der Waals surface area contributed by atoms with Crippen molar-refractivity contribution < 1.29 is 18.0 Å². The summed E-state index contributed by atoms with van der Waals surface area (Å²) in [7, 11) is 0. The summed E-state index contributed by atoms with van der Waals surface area (Å²) in [4.78, 5) is 12.1. The Bertz CT molecular complexity index is 980. The first-order chi connectivity index (χ1) is 13.2. The van der Waals surface area contributed by atoms with Gasteiger partial charge in [0.05, 0.1) is 40.3 Å². The molecule has 0 saturated carbocycles. The summed E-state index contributed by atoms with van der Waals surface area (Å²) in [6.07, 6.45) is 0.654. The van der Waals surface area contributed by atoms with Crippen molar-refractivity contribution in [2.75, 3.05) is 5.32 Å². The number of benzene rings is 1. The smallest absolute Gasteiger partial charge is 0.323 e. The zero-order valence-electron chi connectivity index (χ0n) is 14.9. The average Bonchev–Trinajstić information content (AvgIpc) is 3.20. The van der Waals surface area contributed by atoms with Gasteiger partial charge in [0, 0.05) is 18.3 Å². The molecule has 1 aromatic carbocycles. The monoisotopic (exact) mass is 503 g/mol. The van der Waals surface area contributed by atoms with Crippen LogP contribution < -0.4 is 5.32 Å². The van der Waals surface area contributed by atoms with Gasteiger partial charge in [0.2, 0.25) is 5.91 Å². The summed E-state index contributed by atoms with van der Waals surface area (Å²) in [5.41, 5.74) is 1.26. The Balaban J connectivity index is 1.57. The maximum Gasteiger partial charge on any atom is 0.416 e. The number of anilines is 1. The van der Waals surface area contributed by atoms with Crippen molar-refractivity contribution in [3.05, 3.63) is 63.2 Å². The first-order valence-corrected chi connectivity index (χ1v) is 9.46. The molecule has 0 spiro atoms. The first kappa shape index (κ1) is 20.4. The fourth-order valence-corrected chi connectivity index (χ4v) is 3.03. The van der Waals surface area contributed by atoms with E-state index in [1.54, 1.807) is 23.1 Å². The molecule has 0 aliphatic rings. The van der Waals surface area contributed by atoms with Crippen LogP contribution in [-0.4, -0.2) is 25.5 Å². The largest absolute Gasteiger partial charge is 0.416 e. The lowest BCUT2D eigenvalue weighted by molar-refractivity contribution is -0.137. The Hall–Kier alpha value is -2.37. The van der Waals surface area contributed by atoms with Crippen LogP contribution in [0.2, 0.25) is 0 Å². The predicted octanol–water partition coefficient (Wildman–Crippen LogP) is 4.09. The molecule has 0 atom stereocenters. The van der Waals surface area contributed by atoms with Gasteiger partial charge >= 0.3 is 6.18 Å². The molecule has 28 heavy (non-hydrogen) atoms. The number of nitrogens with one attached hydrogen (secondary N) is 1. The van der Waals surface area contributed by atoms with Crippen LogP contribution in [0.4, 0.5) is 18.9 Å². The van der Waals surface area contributed by atoms with Crippen LogP contribution in [0.25, 0.3) is 0 Å². The van der Waals surface area contributed by atoms with E-state index in [0.717, 1.165) is 21.4 Å². The first-order valence-electron chi connectivity index (χ1n) is 8.39. The predicted molar refractivity (Wildman–Crippen MR) is 106 cm³/mol. The topological polar surface area (TPSA) is 64.7 Å². The van der Waals surface area contributed by atoms with Crippen molar-refractivity contribution in [3.8, 4) is 0 Å². The summed E-state index contributed by atoms with van der Waals surface area (Å²) in [5.74, 6) is -0.191. The van der Waals surface area contributed by atoms with Gasteiger partial charge in [0.15, 0.2) is 0 Å². The Morgan fingerprint density at radius 2 is 2.04 bits per heavy atom. The molecule has 10 heteroatoms. The third-order valence-electron chi connectivity index (χ3n) is 4.11. The number of carbonyl (C=O) groups excluding carboxylic acids is 1. The van der Waals surface area contributed by atoms with Gasteiger partial charge in [-0.15, -0.1) is 0 Å². The molecule has 0 saturated heterocycles. The van der Waals surface area contributed by atoms with E-state index in [9.17, 15) is 18.0 Å². The highest BCUT2D eigenvalue weighted by Crippen LogP contribution is 2.29. The van der Waals surface area contributed by atoms with Crippen LogP contribution in [0.5, 0.6) is 0 Å². The van der Waals surface area contributed by atoms with Gasteiger partial charge in [-0.1, -0.05) is 12.1 Å². The van der Waals surface area contributed by atoms with Crippen molar-refractivity contribution in [3.63, 3.8) is 0 Å². The second-order valence-electron chi connectivity index (χ2n) is 6.22. The van der Waals surface area contributed by atoms with E-state index >= 15 is 0 Å². The minimum Gasteiger partial charge on any atom is -0.323 e. The van der Waals surface area contributed by atoms with Crippen molar-refractivity contribution in [2.24, 2.45) is 0 Å². The van der Waals surface area contributed by atoms with Crippen LogP contribution >= 0.6 is 22.6 Å². The molecule has 0 aliphatic heterocycles. The molecule has 6 nitrogen and oxygen atoms in total. The highest BCUT2D eigenvalue weighted by Gasteiger charge is 2.30. The molecule has 3 rings (SSSR count). The Kier molecular flexibility index (Phi) is 6.06. The van der Waals surface area contributed by atoms with E-state index in [-0.39, 0.29) is 18.9 Å². The lowest BCUT2D eigenvalue weighted by Crippen LogP contribution is -2.15. The number of alkyl halides is 3. The van der Waals surface area contributed by atoms with Gasteiger partial charge < -0.3 is 5.32 Å². The quantitative estimate of drug-likeness (QED) is 0.516. The molecule has 1 amide bonds. The van der Waals surface area contributed by atoms with E-state index in [4.69, 9.17) is 0 Å². The Morgan fingerprint density at radius 3 is 2.71 bits per heavy atom. The van der Waals surface area contributed by atoms with E-state index in [0.29, 0.717) is 17.8 Å². The number of aryl methyl sites for hydroxylation is 1. The van der Waals surface area contributed by atoms with Gasteiger partial charge in [-0.2, -0.15) is 23.4 Å². The minimum absolute atomic E-state index is 0.171. The van der Waals surface area contributed by atoms with Crippen LogP contribution in [0.1, 0.15) is 23.2 Å². The van der Waals surface area contributed by atoms with E-state index < -0.39 is 11.7 Å². The standard InChI is InChI=1S/C18H17F3IN5O/c1-12-16(22)9-24-27(12)6-5-17(28)25-15-8-23-26(11-15)10-13-3-2-4-14(7-13)18(19,20)21/h2-4,7-9,11H,5-6,10H2,1H3,(H,25,28). The average molecular weight is 503 g/mol. The van der Waals surface area contributed by atoms with Crippen molar-refractivity contribution in [1.82, 2.24) is 19.6 Å². The fourth-order valence-electron chi connectivity index (χ4n) is 2.63. The molecule has 0 bridgehead atoms. The molecular weight excluding hydrogens is 486 g/mol. The molecule has 0 fully saturated rings. The van der Waals surface area contributed by atoms with Gasteiger partial charge in [-0.25, -0.2) is 0 Å². The SMILES string of the molecule is Cc1c(I)cnn1CCC(=O)Nc1cnn(Cc2cccc(C(F)(F)F)c2)c1. The Morgan fingerprint density at radius 1 is 1.25 bits per heavy atom. The summed E-state index contributed by atoms with van der Waals surface area (Å²) >= 11 is 2.18. The van der Waals surface area contributed by atoms with Crippen LogP contribution in [0.15, 0.2) is 42.9 Å². The molecule has 0 aliphatic carbocycles. The number of hydrogen-bond donors (Lipinski definition) is 1. The van der Waals surface area contributed by atoms with Crippen LogP contribution in [0, 0.1) is 10.5 Å². The van der Waals surface area contributed by atoms with Gasteiger partial charge in [0.1, 0.15) is 0 Å². The van der Waals surface area contributed by atoms with Crippen molar-refractivity contribution in [2.45, 2.75) is 32.6 Å². The zero-order valence-corrected chi connectivity index (χ0v) is 17.0. The molecule has 2 heterocycles. The van der Waals surface area contributed by atoms with Gasteiger partial charge in [0.25, 0.3) is 0 Å². The number of halogens is 4. The summed E-state index contributed by atoms with van der Waals surface area (Å²) in [6.45, 7) is 2.56. The van der Waals surface area contributed by atoms with E-state index in [1.807, 2.05) is 6.92 Å². The number of rotatable bonds is 6. The maximum atomic E-state index is 12.8. The third kappa shape index (κ3) is 5.12. The summed E-state index contributed by atoms with van der Waals surface area (Å²) < 4.78 is 42.7. The number of carbonyl (C=O) groups is 1. The van der Waals surface area contributed by atoms with Crippen molar-refractivity contribution in [1.29, 1.82) is 0 Å². The van der Waals surface area contributed by atoms with E-state index in [1.165, 1.54) is 16.9 Å². The van der Waals surface area contributed by atoms with Crippen molar-refractivity contribution >= 4 is 34.2 Å². The normalized spacial score (nSPS) is 11.6. The molecule has 1 N–H and O–H groups in total. The minimum atomic E-state index is -4.38. The second-order valence-corrected chi connectivity index (χ2v) is 7.39. The van der Waals surface area contributed by atoms with Crippen LogP contribution in [0.3, 0.4) is 0 Å². The number of nitrogens with zero attached hydrogens (tertiary/aromatic N) is 4. The highest BCUT2D eigenvalue weighted by molar-refractivity contribution is 14.1. The summed E-state index contributed by atoms with van der Waals surface area (Å²) in [5, 5.41) is 11.0. The van der Waals surface area contributed by atoms with Gasteiger partial charge in [-0.05, 0) is 47.2 Å². The van der Waals surface area contributed by atoms with E-state index in [2.05, 4.69) is 38.1 Å². The molecule has 0 radical (unpaired) electrons. The number of amides is 1. The fraction of sp³-hybridized carbons (Fsp3) is 0.278. The third-order valence-corrected chi connectivity index (χ3v) is 5.17. The molecule has 2 aromatic heterocycles. The molecule has 0 unspecified atom stereocenters. The second kappa shape index (κ2) is 8.33. The zero-order chi connectivity index (χ0) is 20.3. The maximum absolute atomic E-state index is 12.8. The highest BCUT2D eigenvalue weighted by atomic mass is 127.